The third-order valence-electron chi connectivity index (χ3n) is 4.30. The van der Waals surface area contributed by atoms with E-state index < -0.39 is 11.8 Å². The Labute approximate surface area is 152 Å². The molecule has 1 aromatic heterocycles. The van der Waals surface area contributed by atoms with E-state index in [1.54, 1.807) is 18.3 Å². The molecule has 0 bridgehead atoms. The van der Waals surface area contributed by atoms with Crippen molar-refractivity contribution in [2.24, 2.45) is 0 Å². The number of hydrogen-bond acceptors (Lipinski definition) is 5. The number of carbonyl (C=O) groups is 2. The predicted molar refractivity (Wildman–Crippen MR) is 97.9 cm³/mol. The molecule has 1 aliphatic rings. The van der Waals surface area contributed by atoms with Crippen molar-refractivity contribution in [2.45, 2.75) is 12.5 Å². The molecule has 7 heteroatoms. The van der Waals surface area contributed by atoms with Crippen LogP contribution in [0.4, 0.5) is 5.69 Å². The summed E-state index contributed by atoms with van der Waals surface area (Å²) in [4.78, 5) is 30.0. The first-order valence-corrected chi connectivity index (χ1v) is 8.46. The Morgan fingerprint density at radius 1 is 1.27 bits per heavy atom. The fourth-order valence-electron chi connectivity index (χ4n) is 2.91. The number of pyridine rings is 1. The number of anilines is 1. The van der Waals surface area contributed by atoms with Gasteiger partial charge in [0.15, 0.2) is 0 Å². The highest BCUT2D eigenvalue weighted by Crippen LogP contribution is 2.29. The minimum Gasteiger partial charge on any atom is -0.493 e. The molecule has 0 saturated heterocycles. The lowest BCUT2D eigenvalue weighted by Gasteiger charge is -2.25. The number of amides is 2. The van der Waals surface area contributed by atoms with Crippen LogP contribution in [0.5, 0.6) is 5.75 Å². The Kier molecular flexibility index (Phi) is 5.48. The Morgan fingerprint density at radius 3 is 2.85 bits per heavy atom. The van der Waals surface area contributed by atoms with Crippen molar-refractivity contribution in [2.75, 3.05) is 32.6 Å². The zero-order valence-electron chi connectivity index (χ0n) is 14.9. The summed E-state index contributed by atoms with van der Waals surface area (Å²) < 4.78 is 5.54. The van der Waals surface area contributed by atoms with Crippen molar-refractivity contribution in [3.8, 4) is 5.75 Å². The first-order chi connectivity index (χ1) is 12.5. The van der Waals surface area contributed by atoms with Crippen LogP contribution in [0.15, 0.2) is 42.7 Å². The van der Waals surface area contributed by atoms with Crippen LogP contribution in [-0.4, -0.2) is 48.9 Å². The van der Waals surface area contributed by atoms with Gasteiger partial charge in [-0.05, 0) is 43.4 Å². The zero-order chi connectivity index (χ0) is 18.5. The maximum absolute atomic E-state index is 12.1. The van der Waals surface area contributed by atoms with Gasteiger partial charge in [-0.2, -0.15) is 0 Å². The molecule has 0 spiro atoms. The van der Waals surface area contributed by atoms with Gasteiger partial charge in [0.25, 0.3) is 0 Å². The summed E-state index contributed by atoms with van der Waals surface area (Å²) in [5.41, 5.74) is 2.73. The van der Waals surface area contributed by atoms with Crippen molar-refractivity contribution >= 4 is 17.5 Å². The van der Waals surface area contributed by atoms with Crippen LogP contribution < -0.4 is 15.4 Å². The van der Waals surface area contributed by atoms with Gasteiger partial charge in [0, 0.05) is 19.2 Å². The Balaban J connectivity index is 1.62. The van der Waals surface area contributed by atoms with Gasteiger partial charge >= 0.3 is 11.8 Å². The Hall–Kier alpha value is -2.93. The number of fused-ring (bicyclic) bond motifs is 1. The lowest BCUT2D eigenvalue weighted by atomic mass is 10.0. The molecule has 0 radical (unpaired) electrons. The quantitative estimate of drug-likeness (QED) is 0.793. The summed E-state index contributed by atoms with van der Waals surface area (Å²) in [6.07, 6.45) is 3.97. The molecule has 3 rings (SSSR count). The fourth-order valence-corrected chi connectivity index (χ4v) is 2.91. The van der Waals surface area contributed by atoms with Crippen molar-refractivity contribution in [1.82, 2.24) is 15.2 Å². The monoisotopic (exact) mass is 354 g/mol. The second-order valence-electron chi connectivity index (χ2n) is 6.35. The molecular formula is C19H22N4O3. The van der Waals surface area contributed by atoms with E-state index in [0.717, 1.165) is 17.7 Å². The summed E-state index contributed by atoms with van der Waals surface area (Å²) in [6.45, 7) is 1.03. The molecule has 2 N–H and O–H groups in total. The first-order valence-electron chi connectivity index (χ1n) is 8.46. The maximum Gasteiger partial charge on any atom is 0.313 e. The largest absolute Gasteiger partial charge is 0.493 e. The van der Waals surface area contributed by atoms with E-state index in [-0.39, 0.29) is 6.04 Å². The molecule has 0 aliphatic carbocycles. The highest BCUT2D eigenvalue weighted by Gasteiger charge is 2.21. The van der Waals surface area contributed by atoms with Crippen LogP contribution in [0, 0.1) is 0 Å². The number of hydrogen-bond donors (Lipinski definition) is 2. The molecule has 2 aromatic rings. The summed E-state index contributed by atoms with van der Waals surface area (Å²) >= 11 is 0. The average molecular weight is 354 g/mol. The molecule has 0 saturated carbocycles. The second kappa shape index (κ2) is 7.97. The van der Waals surface area contributed by atoms with Gasteiger partial charge in [-0.3, -0.25) is 14.6 Å². The number of rotatable bonds is 5. The number of benzene rings is 1. The molecule has 1 aliphatic heterocycles. The highest BCUT2D eigenvalue weighted by atomic mass is 16.5. The molecule has 2 amide bonds. The SMILES string of the molecule is CN(C)[C@@H](CNC(=O)C(=O)Nc1cccnc1)c1ccc2c(c1)CCO2. The molecule has 1 atom stereocenters. The Bertz CT molecular complexity index is 793. The molecule has 26 heavy (non-hydrogen) atoms. The highest BCUT2D eigenvalue weighted by molar-refractivity contribution is 6.39. The van der Waals surface area contributed by atoms with Crippen molar-refractivity contribution in [3.63, 3.8) is 0 Å². The van der Waals surface area contributed by atoms with E-state index in [1.807, 2.05) is 31.1 Å². The van der Waals surface area contributed by atoms with Gasteiger partial charge in [0.1, 0.15) is 5.75 Å². The molecule has 1 aromatic carbocycles. The van der Waals surface area contributed by atoms with Gasteiger partial charge in [0.05, 0.1) is 24.5 Å². The minimum atomic E-state index is -0.710. The van der Waals surface area contributed by atoms with Gasteiger partial charge in [0.2, 0.25) is 0 Å². The second-order valence-corrected chi connectivity index (χ2v) is 6.35. The van der Waals surface area contributed by atoms with Crippen LogP contribution in [0.25, 0.3) is 0 Å². The van der Waals surface area contributed by atoms with Crippen molar-refractivity contribution < 1.29 is 14.3 Å². The average Bonchev–Trinajstić information content (AvgIpc) is 3.10. The zero-order valence-corrected chi connectivity index (χ0v) is 14.9. The van der Waals surface area contributed by atoms with E-state index in [4.69, 9.17) is 4.74 Å². The summed E-state index contributed by atoms with van der Waals surface area (Å²) in [5.74, 6) is -0.464. The maximum atomic E-state index is 12.1. The smallest absolute Gasteiger partial charge is 0.313 e. The fraction of sp³-hybridized carbons (Fsp3) is 0.316. The van der Waals surface area contributed by atoms with Crippen LogP contribution in [0.3, 0.4) is 0 Å². The van der Waals surface area contributed by atoms with E-state index >= 15 is 0 Å². The molecule has 0 fully saturated rings. The molecule has 0 unspecified atom stereocenters. The van der Waals surface area contributed by atoms with Gasteiger partial charge in [-0.15, -0.1) is 0 Å². The lowest BCUT2D eigenvalue weighted by molar-refractivity contribution is -0.136. The van der Waals surface area contributed by atoms with Crippen LogP contribution in [0.1, 0.15) is 17.2 Å². The van der Waals surface area contributed by atoms with Crippen molar-refractivity contribution in [1.29, 1.82) is 0 Å². The predicted octanol–water partition coefficient (Wildman–Crippen LogP) is 1.37. The van der Waals surface area contributed by atoms with Crippen LogP contribution in [-0.2, 0) is 16.0 Å². The van der Waals surface area contributed by atoms with Crippen LogP contribution in [0.2, 0.25) is 0 Å². The van der Waals surface area contributed by atoms with Crippen LogP contribution >= 0.6 is 0 Å². The van der Waals surface area contributed by atoms with Gasteiger partial charge < -0.3 is 20.3 Å². The number of likely N-dealkylation sites (N-methyl/N-ethyl adjacent to an activating group) is 1. The number of nitrogens with zero attached hydrogens (tertiary/aromatic N) is 2. The number of ether oxygens (including phenoxy) is 1. The number of carbonyl (C=O) groups excluding carboxylic acids is 2. The first kappa shape index (κ1) is 17.9. The third-order valence-corrected chi connectivity index (χ3v) is 4.30. The molecule has 2 heterocycles. The number of aromatic nitrogens is 1. The molecule has 7 nitrogen and oxygen atoms in total. The van der Waals surface area contributed by atoms with E-state index in [2.05, 4.69) is 21.7 Å². The van der Waals surface area contributed by atoms with Gasteiger partial charge in [-0.1, -0.05) is 12.1 Å². The minimum absolute atomic E-state index is 0.0453. The van der Waals surface area contributed by atoms with E-state index in [0.29, 0.717) is 18.8 Å². The number of nitrogens with one attached hydrogen (secondary N) is 2. The van der Waals surface area contributed by atoms with E-state index in [1.165, 1.54) is 11.8 Å². The van der Waals surface area contributed by atoms with E-state index in [9.17, 15) is 9.59 Å². The normalized spacial score (nSPS) is 13.7. The summed E-state index contributed by atoms with van der Waals surface area (Å²) in [5, 5.41) is 5.23. The Morgan fingerprint density at radius 2 is 2.12 bits per heavy atom. The standard InChI is InChI=1S/C19H22N4O3/c1-23(2)16(13-5-6-17-14(10-13)7-9-26-17)12-21-18(24)19(25)22-15-4-3-8-20-11-15/h3-6,8,10-11,16H,7,9,12H2,1-2H3,(H,21,24)(H,22,25)/t16-/m0/s1. The molecule has 136 valence electrons. The summed E-state index contributed by atoms with van der Waals surface area (Å²) in [6, 6.07) is 9.38. The molecular weight excluding hydrogens is 332 g/mol. The van der Waals surface area contributed by atoms with Crippen molar-refractivity contribution in [3.05, 3.63) is 53.9 Å². The van der Waals surface area contributed by atoms with Gasteiger partial charge in [-0.25, -0.2) is 0 Å². The topological polar surface area (TPSA) is 83.6 Å². The lowest BCUT2D eigenvalue weighted by Crippen LogP contribution is -2.40. The summed E-state index contributed by atoms with van der Waals surface area (Å²) in [7, 11) is 3.88. The third kappa shape index (κ3) is 4.18.